The summed E-state index contributed by atoms with van der Waals surface area (Å²) in [4.78, 5) is 14.5. The Hall–Kier alpha value is -0.720. The van der Waals surface area contributed by atoms with Crippen molar-refractivity contribution in [3.05, 3.63) is 15.9 Å². The monoisotopic (exact) mass is 329 g/mol. The van der Waals surface area contributed by atoms with E-state index in [0.29, 0.717) is 19.6 Å². The van der Waals surface area contributed by atoms with E-state index in [4.69, 9.17) is 4.74 Å². The molecule has 1 aromatic heterocycles. The minimum Gasteiger partial charge on any atom is -0.368 e. The van der Waals surface area contributed by atoms with E-state index < -0.39 is 0 Å². The van der Waals surface area contributed by atoms with Crippen LogP contribution in [0.2, 0.25) is 0 Å². The fourth-order valence-electron chi connectivity index (χ4n) is 2.29. The molecule has 1 aromatic rings. The summed E-state index contributed by atoms with van der Waals surface area (Å²) < 4.78 is 8.38. The molecular formula is C13H20BrN3O2. The summed E-state index contributed by atoms with van der Waals surface area (Å²) in [6.07, 6.45) is 0.0551. The average molecular weight is 330 g/mol. The van der Waals surface area contributed by atoms with Gasteiger partial charge < -0.3 is 9.64 Å². The molecule has 1 unspecified atom stereocenters. The van der Waals surface area contributed by atoms with Crippen molar-refractivity contribution in [2.24, 2.45) is 0 Å². The molecule has 2 heterocycles. The van der Waals surface area contributed by atoms with Gasteiger partial charge in [0, 0.05) is 19.6 Å². The number of carbonyl (C=O) groups excluding carboxylic acids is 1. The average Bonchev–Trinajstić information content (AvgIpc) is 2.66. The van der Waals surface area contributed by atoms with Crippen LogP contribution < -0.4 is 0 Å². The second-order valence-corrected chi connectivity index (χ2v) is 5.72. The number of hydrogen-bond acceptors (Lipinski definition) is 4. The molecule has 0 spiro atoms. The number of Topliss-reactive ketones (excluding diaryl/α,β-unsaturated/α-hetero) is 1. The third-order valence-corrected chi connectivity index (χ3v) is 4.45. The summed E-state index contributed by atoms with van der Waals surface area (Å²) in [5, 5.41) is 4.41. The van der Waals surface area contributed by atoms with E-state index in [2.05, 4.69) is 25.9 Å². The summed E-state index contributed by atoms with van der Waals surface area (Å²) in [6, 6.07) is 0. The summed E-state index contributed by atoms with van der Waals surface area (Å²) in [5.41, 5.74) is 1.87. The van der Waals surface area contributed by atoms with Crippen molar-refractivity contribution in [2.75, 3.05) is 26.7 Å². The second-order valence-electron chi connectivity index (χ2n) is 4.93. The molecule has 19 heavy (non-hydrogen) atoms. The van der Waals surface area contributed by atoms with Crippen molar-refractivity contribution in [2.45, 2.75) is 32.9 Å². The quantitative estimate of drug-likeness (QED) is 0.838. The second kappa shape index (κ2) is 6.15. The molecule has 1 aliphatic heterocycles. The van der Waals surface area contributed by atoms with Gasteiger partial charge in [0.25, 0.3) is 0 Å². The third kappa shape index (κ3) is 3.24. The van der Waals surface area contributed by atoms with Crippen LogP contribution >= 0.6 is 15.9 Å². The number of rotatable bonds is 4. The number of ketones is 1. The van der Waals surface area contributed by atoms with Gasteiger partial charge in [-0.1, -0.05) is 0 Å². The number of morpholine rings is 1. The number of likely N-dealkylation sites (N-methyl/N-ethyl adjacent to an activating group) is 1. The predicted molar refractivity (Wildman–Crippen MR) is 76.3 cm³/mol. The standard InChI is InChI=1S/C13H20BrN3O2/c1-4-17-10(13(14)9(2)15-17)7-11(18)12-8-16(3)5-6-19-12/h12H,4-8H2,1-3H3. The molecule has 0 amide bonds. The fourth-order valence-corrected chi connectivity index (χ4v) is 2.71. The maximum absolute atomic E-state index is 12.3. The summed E-state index contributed by atoms with van der Waals surface area (Å²) in [7, 11) is 2.01. The van der Waals surface area contributed by atoms with Gasteiger partial charge >= 0.3 is 0 Å². The highest BCUT2D eigenvalue weighted by molar-refractivity contribution is 9.10. The van der Waals surface area contributed by atoms with Gasteiger partial charge in [0.2, 0.25) is 0 Å². The van der Waals surface area contributed by atoms with Crippen LogP contribution in [0.3, 0.4) is 0 Å². The maximum atomic E-state index is 12.3. The van der Waals surface area contributed by atoms with E-state index in [1.807, 2.05) is 25.6 Å². The maximum Gasteiger partial charge on any atom is 0.168 e. The van der Waals surface area contributed by atoms with Gasteiger partial charge in [-0.3, -0.25) is 9.48 Å². The number of aryl methyl sites for hydroxylation is 2. The Morgan fingerprint density at radius 2 is 2.32 bits per heavy atom. The lowest BCUT2D eigenvalue weighted by atomic mass is 10.1. The van der Waals surface area contributed by atoms with Crippen LogP contribution in [0.1, 0.15) is 18.3 Å². The molecule has 1 atom stereocenters. The van der Waals surface area contributed by atoms with Crippen LogP contribution in [0.25, 0.3) is 0 Å². The zero-order chi connectivity index (χ0) is 14.0. The van der Waals surface area contributed by atoms with E-state index in [-0.39, 0.29) is 11.9 Å². The first-order valence-electron chi connectivity index (χ1n) is 6.57. The van der Waals surface area contributed by atoms with E-state index in [9.17, 15) is 4.79 Å². The van der Waals surface area contributed by atoms with Crippen LogP contribution in [-0.4, -0.2) is 53.3 Å². The number of ether oxygens (including phenoxy) is 1. The molecular weight excluding hydrogens is 310 g/mol. The Morgan fingerprint density at radius 3 is 2.95 bits per heavy atom. The molecule has 0 aliphatic carbocycles. The topological polar surface area (TPSA) is 47.4 Å². The molecule has 6 heteroatoms. The molecule has 0 aromatic carbocycles. The third-order valence-electron chi connectivity index (χ3n) is 3.42. The Balaban J connectivity index is 2.10. The van der Waals surface area contributed by atoms with E-state index in [1.165, 1.54) is 0 Å². The van der Waals surface area contributed by atoms with Crippen molar-refractivity contribution >= 4 is 21.7 Å². The van der Waals surface area contributed by atoms with Crippen LogP contribution in [0.15, 0.2) is 4.47 Å². The summed E-state index contributed by atoms with van der Waals surface area (Å²) >= 11 is 3.52. The molecule has 2 rings (SSSR count). The Labute approximate surface area is 122 Å². The predicted octanol–water partition coefficient (Wildman–Crippen LogP) is 1.42. The molecule has 5 nitrogen and oxygen atoms in total. The van der Waals surface area contributed by atoms with Crippen LogP contribution in [0, 0.1) is 6.92 Å². The molecule has 0 radical (unpaired) electrons. The van der Waals surface area contributed by atoms with E-state index in [1.54, 1.807) is 0 Å². The lowest BCUT2D eigenvalue weighted by Gasteiger charge is -2.29. The van der Waals surface area contributed by atoms with Crippen molar-refractivity contribution in [1.82, 2.24) is 14.7 Å². The minimum atomic E-state index is -0.314. The molecule has 0 saturated carbocycles. The first-order chi connectivity index (χ1) is 9.02. The Kier molecular flexibility index (Phi) is 4.76. The molecule has 1 saturated heterocycles. The van der Waals surface area contributed by atoms with Crippen molar-refractivity contribution in [3.8, 4) is 0 Å². The summed E-state index contributed by atoms with van der Waals surface area (Å²) in [5.74, 6) is 0.127. The normalized spacial score (nSPS) is 20.7. The van der Waals surface area contributed by atoms with Gasteiger partial charge in [-0.15, -0.1) is 0 Å². The largest absolute Gasteiger partial charge is 0.368 e. The van der Waals surface area contributed by atoms with E-state index in [0.717, 1.165) is 29.0 Å². The number of halogens is 1. The number of nitrogens with zero attached hydrogens (tertiary/aromatic N) is 3. The highest BCUT2D eigenvalue weighted by Crippen LogP contribution is 2.22. The molecule has 1 aliphatic rings. The van der Waals surface area contributed by atoms with Gasteiger partial charge in [0.05, 0.1) is 28.9 Å². The van der Waals surface area contributed by atoms with Gasteiger partial charge in [-0.05, 0) is 36.8 Å². The van der Waals surface area contributed by atoms with Gasteiger partial charge in [0.15, 0.2) is 5.78 Å². The zero-order valence-electron chi connectivity index (χ0n) is 11.6. The number of aromatic nitrogens is 2. The number of hydrogen-bond donors (Lipinski definition) is 0. The van der Waals surface area contributed by atoms with Crippen LogP contribution in [0.5, 0.6) is 0 Å². The smallest absolute Gasteiger partial charge is 0.168 e. The fraction of sp³-hybridized carbons (Fsp3) is 0.692. The SMILES string of the molecule is CCn1nc(C)c(Br)c1CC(=O)C1CN(C)CCO1. The highest BCUT2D eigenvalue weighted by atomic mass is 79.9. The summed E-state index contributed by atoms with van der Waals surface area (Å²) in [6.45, 7) is 6.92. The minimum absolute atomic E-state index is 0.127. The van der Waals surface area contributed by atoms with Crippen molar-refractivity contribution in [1.29, 1.82) is 0 Å². The number of carbonyl (C=O) groups is 1. The zero-order valence-corrected chi connectivity index (χ0v) is 13.2. The molecule has 0 N–H and O–H groups in total. The van der Waals surface area contributed by atoms with E-state index >= 15 is 0 Å². The van der Waals surface area contributed by atoms with Crippen LogP contribution in [0.4, 0.5) is 0 Å². The Morgan fingerprint density at radius 1 is 1.58 bits per heavy atom. The molecule has 106 valence electrons. The van der Waals surface area contributed by atoms with Gasteiger partial charge in [0.1, 0.15) is 6.10 Å². The van der Waals surface area contributed by atoms with Crippen molar-refractivity contribution < 1.29 is 9.53 Å². The van der Waals surface area contributed by atoms with Crippen LogP contribution in [-0.2, 0) is 22.5 Å². The highest BCUT2D eigenvalue weighted by Gasteiger charge is 2.26. The molecule has 1 fully saturated rings. The van der Waals surface area contributed by atoms with Gasteiger partial charge in [-0.2, -0.15) is 5.10 Å². The molecule has 0 bridgehead atoms. The van der Waals surface area contributed by atoms with Gasteiger partial charge in [-0.25, -0.2) is 0 Å². The lowest BCUT2D eigenvalue weighted by Crippen LogP contribution is -2.44. The first-order valence-corrected chi connectivity index (χ1v) is 7.36. The lowest BCUT2D eigenvalue weighted by molar-refractivity contribution is -0.134. The Bertz CT molecular complexity index is 473. The first kappa shape index (κ1) is 14.7. The van der Waals surface area contributed by atoms with Crippen molar-refractivity contribution in [3.63, 3.8) is 0 Å².